The molecule has 0 spiro atoms. The van der Waals surface area contributed by atoms with Crippen molar-refractivity contribution in [1.29, 1.82) is 0 Å². The summed E-state index contributed by atoms with van der Waals surface area (Å²) in [6.45, 7) is 1.26. The summed E-state index contributed by atoms with van der Waals surface area (Å²) in [5.74, 6) is 1.02. The number of hydrogen-bond donors (Lipinski definition) is 1. The second kappa shape index (κ2) is 6.78. The summed E-state index contributed by atoms with van der Waals surface area (Å²) in [4.78, 5) is 0.149. The molecule has 0 aromatic heterocycles. The highest BCUT2D eigenvalue weighted by Crippen LogP contribution is 2.31. The van der Waals surface area contributed by atoms with Crippen molar-refractivity contribution in [3.05, 3.63) is 53.1 Å². The van der Waals surface area contributed by atoms with Gasteiger partial charge in [0.1, 0.15) is 0 Å². The van der Waals surface area contributed by atoms with Crippen molar-refractivity contribution in [2.24, 2.45) is 0 Å². The minimum Gasteiger partial charge on any atom is -0.490 e. The van der Waals surface area contributed by atoms with Gasteiger partial charge in [-0.15, -0.1) is 0 Å². The Balaban J connectivity index is 1.76. The molecule has 0 bridgehead atoms. The molecule has 2 aromatic carbocycles. The molecule has 0 radical (unpaired) electrons. The fourth-order valence-corrected chi connectivity index (χ4v) is 3.33. The Morgan fingerprint density at radius 1 is 1.00 bits per heavy atom. The Morgan fingerprint density at radius 2 is 1.70 bits per heavy atom. The van der Waals surface area contributed by atoms with Gasteiger partial charge in [0.25, 0.3) is 0 Å². The Kier molecular flexibility index (Phi) is 4.75. The average molecular weight is 354 g/mol. The average Bonchev–Trinajstić information content (AvgIpc) is 2.79. The Hall–Kier alpha value is -1.76. The number of sulfonamides is 1. The molecular weight excluding hydrogens is 338 g/mol. The van der Waals surface area contributed by atoms with Crippen molar-refractivity contribution in [2.75, 3.05) is 13.2 Å². The lowest BCUT2D eigenvalue weighted by Crippen LogP contribution is -2.23. The van der Waals surface area contributed by atoms with E-state index in [1.165, 1.54) is 12.1 Å². The molecule has 23 heavy (non-hydrogen) atoms. The smallest absolute Gasteiger partial charge is 0.241 e. The topological polar surface area (TPSA) is 64.6 Å². The predicted octanol–water partition coefficient (Wildman–Crippen LogP) is 2.98. The number of fused-ring (bicyclic) bond motifs is 1. The van der Waals surface area contributed by atoms with E-state index in [1.54, 1.807) is 30.3 Å². The van der Waals surface area contributed by atoms with Crippen LogP contribution in [0.1, 0.15) is 12.0 Å². The number of hydrogen-bond acceptors (Lipinski definition) is 4. The van der Waals surface area contributed by atoms with Crippen molar-refractivity contribution in [3.8, 4) is 11.5 Å². The molecule has 122 valence electrons. The van der Waals surface area contributed by atoms with E-state index in [2.05, 4.69) is 4.72 Å². The van der Waals surface area contributed by atoms with Crippen molar-refractivity contribution in [2.45, 2.75) is 17.9 Å². The van der Waals surface area contributed by atoms with Crippen LogP contribution in [0.5, 0.6) is 11.5 Å². The highest BCUT2D eigenvalue weighted by atomic mass is 35.5. The van der Waals surface area contributed by atoms with Crippen LogP contribution >= 0.6 is 11.6 Å². The second-order valence-corrected chi connectivity index (χ2v) is 7.31. The molecule has 1 aliphatic heterocycles. The fraction of sp³-hybridized carbons (Fsp3) is 0.250. The first-order chi connectivity index (χ1) is 11.0. The summed E-state index contributed by atoms with van der Waals surface area (Å²) in [7, 11) is -3.63. The molecule has 2 aromatic rings. The number of ether oxygens (including phenoxy) is 2. The monoisotopic (exact) mass is 353 g/mol. The first kappa shape index (κ1) is 16.1. The number of benzene rings is 2. The zero-order valence-electron chi connectivity index (χ0n) is 12.3. The van der Waals surface area contributed by atoms with E-state index in [1.807, 2.05) is 0 Å². The van der Waals surface area contributed by atoms with Crippen LogP contribution in [0.4, 0.5) is 0 Å². The van der Waals surface area contributed by atoms with Gasteiger partial charge in [-0.25, -0.2) is 13.1 Å². The van der Waals surface area contributed by atoms with Gasteiger partial charge in [-0.3, -0.25) is 0 Å². The molecule has 0 atom stereocenters. The van der Waals surface area contributed by atoms with E-state index in [4.69, 9.17) is 21.1 Å². The maximum absolute atomic E-state index is 12.4. The first-order valence-electron chi connectivity index (χ1n) is 7.18. The van der Waals surface area contributed by atoms with Gasteiger partial charge in [-0.2, -0.15) is 0 Å². The quantitative estimate of drug-likeness (QED) is 0.917. The lowest BCUT2D eigenvalue weighted by Gasteiger charge is -2.11. The molecule has 1 aliphatic rings. The van der Waals surface area contributed by atoms with E-state index >= 15 is 0 Å². The highest BCUT2D eigenvalue weighted by Gasteiger charge is 2.18. The van der Waals surface area contributed by atoms with Gasteiger partial charge in [0.15, 0.2) is 11.5 Å². The van der Waals surface area contributed by atoms with Crippen LogP contribution in [-0.4, -0.2) is 21.6 Å². The third kappa shape index (κ3) is 3.96. The van der Waals surface area contributed by atoms with Gasteiger partial charge >= 0.3 is 0 Å². The fourth-order valence-electron chi connectivity index (χ4n) is 2.17. The van der Waals surface area contributed by atoms with Crippen LogP contribution in [0.2, 0.25) is 5.02 Å². The van der Waals surface area contributed by atoms with Crippen LogP contribution in [-0.2, 0) is 16.6 Å². The van der Waals surface area contributed by atoms with E-state index in [9.17, 15) is 8.42 Å². The minimum atomic E-state index is -3.63. The van der Waals surface area contributed by atoms with Crippen LogP contribution in [0.3, 0.4) is 0 Å². The van der Waals surface area contributed by atoms with Crippen LogP contribution in [0.15, 0.2) is 47.4 Å². The van der Waals surface area contributed by atoms with Crippen molar-refractivity contribution in [1.82, 2.24) is 4.72 Å². The lowest BCUT2D eigenvalue weighted by atomic mass is 10.2. The van der Waals surface area contributed by atoms with Crippen molar-refractivity contribution < 1.29 is 17.9 Å². The van der Waals surface area contributed by atoms with E-state index in [0.717, 1.165) is 12.0 Å². The van der Waals surface area contributed by atoms with Crippen LogP contribution in [0.25, 0.3) is 0 Å². The zero-order valence-corrected chi connectivity index (χ0v) is 13.9. The molecule has 0 amide bonds. The van der Waals surface area contributed by atoms with Gasteiger partial charge in [0, 0.05) is 24.1 Å². The lowest BCUT2D eigenvalue weighted by molar-refractivity contribution is 0.297. The predicted molar refractivity (Wildman–Crippen MR) is 87.5 cm³/mol. The molecule has 0 saturated heterocycles. The maximum atomic E-state index is 12.4. The largest absolute Gasteiger partial charge is 0.490 e. The standard InChI is InChI=1S/C16H16ClNO4S/c17-13-4-2-12(3-5-13)11-18-23(19,20)14-6-7-15-16(10-14)22-9-1-8-21-15/h2-7,10,18H,1,8-9,11H2. The summed E-state index contributed by atoms with van der Waals surface area (Å²) >= 11 is 5.81. The summed E-state index contributed by atoms with van der Waals surface area (Å²) in [5, 5.41) is 0.611. The van der Waals surface area contributed by atoms with Crippen LogP contribution in [0, 0.1) is 0 Å². The Labute approximate surface area is 140 Å². The summed E-state index contributed by atoms with van der Waals surface area (Å²) in [6.07, 6.45) is 0.769. The summed E-state index contributed by atoms with van der Waals surface area (Å²) in [6, 6.07) is 11.6. The molecule has 3 rings (SSSR count). The van der Waals surface area contributed by atoms with Crippen molar-refractivity contribution in [3.63, 3.8) is 0 Å². The first-order valence-corrected chi connectivity index (χ1v) is 9.04. The third-order valence-electron chi connectivity index (χ3n) is 3.41. The molecule has 0 saturated carbocycles. The molecule has 1 N–H and O–H groups in total. The molecule has 1 heterocycles. The van der Waals surface area contributed by atoms with Gasteiger partial charge in [-0.1, -0.05) is 23.7 Å². The van der Waals surface area contributed by atoms with Gasteiger partial charge < -0.3 is 9.47 Å². The van der Waals surface area contributed by atoms with E-state index in [-0.39, 0.29) is 11.4 Å². The Bertz CT molecular complexity index is 790. The summed E-state index contributed by atoms with van der Waals surface area (Å²) < 4.78 is 38.4. The second-order valence-electron chi connectivity index (χ2n) is 5.11. The van der Waals surface area contributed by atoms with Crippen molar-refractivity contribution >= 4 is 21.6 Å². The van der Waals surface area contributed by atoms with Gasteiger partial charge in [-0.05, 0) is 29.8 Å². The molecule has 5 nitrogen and oxygen atoms in total. The molecular formula is C16H16ClNO4S. The van der Waals surface area contributed by atoms with Crippen LogP contribution < -0.4 is 14.2 Å². The Morgan fingerprint density at radius 3 is 2.43 bits per heavy atom. The maximum Gasteiger partial charge on any atom is 0.241 e. The van der Waals surface area contributed by atoms with E-state index in [0.29, 0.717) is 29.7 Å². The minimum absolute atomic E-state index is 0.149. The highest BCUT2D eigenvalue weighted by molar-refractivity contribution is 7.89. The number of nitrogens with one attached hydrogen (secondary N) is 1. The van der Waals surface area contributed by atoms with Gasteiger partial charge in [0.2, 0.25) is 10.0 Å². The molecule has 7 heteroatoms. The number of halogens is 1. The number of rotatable bonds is 4. The van der Waals surface area contributed by atoms with E-state index < -0.39 is 10.0 Å². The normalized spacial score (nSPS) is 14.3. The molecule has 0 fully saturated rings. The third-order valence-corrected chi connectivity index (χ3v) is 5.06. The SMILES string of the molecule is O=S(=O)(NCc1ccc(Cl)cc1)c1ccc2c(c1)OCCCO2. The summed E-state index contributed by atoms with van der Waals surface area (Å²) in [5.41, 5.74) is 0.826. The molecule has 0 unspecified atom stereocenters. The van der Waals surface area contributed by atoms with Gasteiger partial charge in [0.05, 0.1) is 18.1 Å². The molecule has 0 aliphatic carbocycles. The zero-order chi connectivity index (χ0) is 16.3.